The molecule has 0 aliphatic carbocycles. The van der Waals surface area contributed by atoms with E-state index in [2.05, 4.69) is 17.2 Å². The summed E-state index contributed by atoms with van der Waals surface area (Å²) in [7, 11) is 0. The van der Waals surface area contributed by atoms with Crippen molar-refractivity contribution in [1.29, 1.82) is 0 Å². The first kappa shape index (κ1) is 20.5. The van der Waals surface area contributed by atoms with Crippen LogP contribution in [0.3, 0.4) is 0 Å². The fraction of sp³-hybridized carbons (Fsp3) is 0.200. The predicted octanol–water partition coefficient (Wildman–Crippen LogP) is 5.75. The number of carbonyl (C=O) groups is 1. The third-order valence-electron chi connectivity index (χ3n) is 5.00. The second-order valence-electron chi connectivity index (χ2n) is 7.26. The van der Waals surface area contributed by atoms with Crippen molar-refractivity contribution in [3.63, 3.8) is 0 Å². The van der Waals surface area contributed by atoms with Crippen molar-refractivity contribution in [3.05, 3.63) is 90.9 Å². The highest BCUT2D eigenvalue weighted by molar-refractivity contribution is 6.01. The summed E-state index contributed by atoms with van der Waals surface area (Å²) in [5, 5.41) is 3.00. The topological polar surface area (TPSA) is 58.9 Å². The molecule has 2 aromatic heterocycles. The average Bonchev–Trinajstić information content (AvgIpc) is 3.22. The SMILES string of the molecule is CCCCOc1ccc(NC(=O)N(Cc2cnc3ccccn23)c2ccccc2)cc1. The van der Waals surface area contributed by atoms with Gasteiger partial charge in [-0.2, -0.15) is 0 Å². The first-order valence-electron chi connectivity index (χ1n) is 10.5. The van der Waals surface area contributed by atoms with Gasteiger partial charge in [-0.1, -0.05) is 37.6 Å². The number of urea groups is 1. The zero-order valence-corrected chi connectivity index (χ0v) is 17.6. The molecule has 0 saturated carbocycles. The van der Waals surface area contributed by atoms with E-state index < -0.39 is 0 Å². The minimum Gasteiger partial charge on any atom is -0.494 e. The van der Waals surface area contributed by atoms with Crippen molar-refractivity contribution < 1.29 is 9.53 Å². The summed E-state index contributed by atoms with van der Waals surface area (Å²) in [4.78, 5) is 19.4. The number of benzene rings is 2. The number of ether oxygens (including phenoxy) is 1. The number of fused-ring (bicyclic) bond motifs is 1. The number of aromatic nitrogens is 2. The number of amides is 2. The van der Waals surface area contributed by atoms with Gasteiger partial charge >= 0.3 is 6.03 Å². The first-order chi connectivity index (χ1) is 15.2. The third-order valence-corrected chi connectivity index (χ3v) is 5.00. The molecule has 31 heavy (non-hydrogen) atoms. The lowest BCUT2D eigenvalue weighted by Gasteiger charge is -2.23. The number of hydrogen-bond acceptors (Lipinski definition) is 3. The van der Waals surface area contributed by atoms with Crippen molar-refractivity contribution in [2.45, 2.75) is 26.3 Å². The summed E-state index contributed by atoms with van der Waals surface area (Å²) in [5.74, 6) is 0.803. The monoisotopic (exact) mass is 414 g/mol. The maximum absolute atomic E-state index is 13.2. The van der Waals surface area contributed by atoms with Gasteiger partial charge in [0.25, 0.3) is 0 Å². The van der Waals surface area contributed by atoms with Crippen LogP contribution in [0.5, 0.6) is 5.75 Å². The Morgan fingerprint density at radius 2 is 1.81 bits per heavy atom. The van der Waals surface area contributed by atoms with Gasteiger partial charge in [0, 0.05) is 17.6 Å². The Kier molecular flexibility index (Phi) is 6.47. The van der Waals surface area contributed by atoms with Gasteiger partial charge in [-0.25, -0.2) is 9.78 Å². The van der Waals surface area contributed by atoms with E-state index in [0.29, 0.717) is 18.8 Å². The summed E-state index contributed by atoms with van der Waals surface area (Å²) >= 11 is 0. The zero-order valence-electron chi connectivity index (χ0n) is 17.6. The van der Waals surface area contributed by atoms with E-state index in [-0.39, 0.29) is 6.03 Å². The van der Waals surface area contributed by atoms with Gasteiger partial charge < -0.3 is 14.5 Å². The molecule has 0 fully saturated rings. The van der Waals surface area contributed by atoms with Gasteiger partial charge in [0.05, 0.1) is 25.0 Å². The molecule has 0 aliphatic rings. The van der Waals surface area contributed by atoms with Crippen LogP contribution in [-0.4, -0.2) is 22.0 Å². The molecule has 0 aliphatic heterocycles. The number of pyridine rings is 1. The maximum Gasteiger partial charge on any atom is 0.326 e. The number of nitrogens with zero attached hydrogens (tertiary/aromatic N) is 3. The minimum atomic E-state index is -0.211. The van der Waals surface area contributed by atoms with Crippen LogP contribution in [-0.2, 0) is 6.54 Å². The van der Waals surface area contributed by atoms with Crippen LogP contribution in [0, 0.1) is 0 Å². The van der Waals surface area contributed by atoms with Crippen LogP contribution in [0.25, 0.3) is 5.65 Å². The molecule has 1 N–H and O–H groups in total. The highest BCUT2D eigenvalue weighted by Crippen LogP contribution is 2.21. The third kappa shape index (κ3) is 5.04. The van der Waals surface area contributed by atoms with Crippen LogP contribution in [0.4, 0.5) is 16.2 Å². The number of anilines is 2. The van der Waals surface area contributed by atoms with Crippen LogP contribution in [0.15, 0.2) is 85.2 Å². The Balaban J connectivity index is 1.52. The lowest BCUT2D eigenvalue weighted by Crippen LogP contribution is -2.34. The summed E-state index contributed by atoms with van der Waals surface area (Å²) in [6.07, 6.45) is 5.88. The van der Waals surface area contributed by atoms with Crippen molar-refractivity contribution in [3.8, 4) is 5.75 Å². The molecular formula is C25H26N4O2. The number of unbranched alkanes of at least 4 members (excludes halogenated alkanes) is 1. The Morgan fingerprint density at radius 1 is 1.03 bits per heavy atom. The molecule has 2 aromatic carbocycles. The Hall–Kier alpha value is -3.80. The van der Waals surface area contributed by atoms with Crippen LogP contribution < -0.4 is 15.0 Å². The lowest BCUT2D eigenvalue weighted by molar-refractivity contribution is 0.256. The van der Waals surface area contributed by atoms with Gasteiger partial charge in [-0.3, -0.25) is 4.90 Å². The van der Waals surface area contributed by atoms with Crippen molar-refractivity contribution in [2.24, 2.45) is 0 Å². The van der Waals surface area contributed by atoms with Gasteiger partial charge in [0.2, 0.25) is 0 Å². The number of nitrogens with one attached hydrogen (secondary N) is 1. The van der Waals surface area contributed by atoms with Crippen molar-refractivity contribution >= 4 is 23.1 Å². The standard InChI is InChI=1S/C25H26N4O2/c1-2-3-17-31-23-14-12-20(13-15-23)27-25(30)29(21-9-5-4-6-10-21)19-22-18-26-24-11-7-8-16-28(22)24/h4-16,18H,2-3,17,19H2,1H3,(H,27,30). The molecule has 6 nitrogen and oxygen atoms in total. The molecule has 6 heteroatoms. The lowest BCUT2D eigenvalue weighted by atomic mass is 10.2. The molecule has 0 saturated heterocycles. The fourth-order valence-corrected chi connectivity index (χ4v) is 3.31. The van der Waals surface area contributed by atoms with Crippen molar-refractivity contribution in [2.75, 3.05) is 16.8 Å². The summed E-state index contributed by atoms with van der Waals surface area (Å²) < 4.78 is 7.69. The Labute approximate surface area is 182 Å². The average molecular weight is 415 g/mol. The molecule has 2 amide bonds. The molecule has 4 aromatic rings. The Bertz CT molecular complexity index is 1120. The normalized spacial score (nSPS) is 10.7. The van der Waals surface area contributed by atoms with E-state index in [9.17, 15) is 4.79 Å². The van der Waals surface area contributed by atoms with Crippen LogP contribution >= 0.6 is 0 Å². The molecule has 0 radical (unpaired) electrons. The summed E-state index contributed by atoms with van der Waals surface area (Å²) in [6, 6.07) is 22.7. The second kappa shape index (κ2) is 9.80. The van der Waals surface area contributed by atoms with Gasteiger partial charge in [0.1, 0.15) is 11.4 Å². The van der Waals surface area contributed by atoms with Crippen LogP contribution in [0.1, 0.15) is 25.5 Å². The number of para-hydroxylation sites is 1. The summed E-state index contributed by atoms with van der Waals surface area (Å²) in [5.41, 5.74) is 3.30. The highest BCUT2D eigenvalue weighted by Gasteiger charge is 2.18. The fourth-order valence-electron chi connectivity index (χ4n) is 3.31. The number of hydrogen-bond donors (Lipinski definition) is 1. The maximum atomic E-state index is 13.2. The van der Waals surface area contributed by atoms with E-state index in [1.54, 1.807) is 11.1 Å². The van der Waals surface area contributed by atoms with E-state index in [1.807, 2.05) is 83.4 Å². The van der Waals surface area contributed by atoms with Crippen molar-refractivity contribution in [1.82, 2.24) is 9.38 Å². The molecule has 158 valence electrons. The molecule has 0 bridgehead atoms. The first-order valence-corrected chi connectivity index (χ1v) is 10.5. The molecule has 0 unspecified atom stereocenters. The van der Waals surface area contributed by atoms with Crippen LogP contribution in [0.2, 0.25) is 0 Å². The number of rotatable bonds is 8. The van der Waals surface area contributed by atoms with E-state index in [0.717, 1.165) is 35.6 Å². The van der Waals surface area contributed by atoms with E-state index in [4.69, 9.17) is 4.74 Å². The quantitative estimate of drug-likeness (QED) is 0.373. The predicted molar refractivity (Wildman–Crippen MR) is 124 cm³/mol. The summed E-state index contributed by atoms with van der Waals surface area (Å²) in [6.45, 7) is 3.22. The van der Waals surface area contributed by atoms with E-state index >= 15 is 0 Å². The second-order valence-corrected chi connectivity index (χ2v) is 7.26. The number of imidazole rings is 1. The molecular weight excluding hydrogens is 388 g/mol. The zero-order chi connectivity index (χ0) is 21.5. The van der Waals surface area contributed by atoms with Gasteiger partial charge in [-0.15, -0.1) is 0 Å². The number of carbonyl (C=O) groups excluding carboxylic acids is 1. The molecule has 0 atom stereocenters. The van der Waals surface area contributed by atoms with Gasteiger partial charge in [-0.05, 0) is 55.0 Å². The van der Waals surface area contributed by atoms with E-state index in [1.165, 1.54) is 0 Å². The smallest absolute Gasteiger partial charge is 0.326 e. The minimum absolute atomic E-state index is 0.211. The largest absolute Gasteiger partial charge is 0.494 e. The molecule has 0 spiro atoms. The molecule has 4 rings (SSSR count). The Morgan fingerprint density at radius 3 is 2.58 bits per heavy atom. The highest BCUT2D eigenvalue weighted by atomic mass is 16.5. The van der Waals surface area contributed by atoms with Gasteiger partial charge in [0.15, 0.2) is 0 Å². The molecule has 2 heterocycles.